The van der Waals surface area contributed by atoms with Crippen molar-refractivity contribution in [3.05, 3.63) is 158 Å². The number of nitrogens with zero attached hydrogens (tertiary/aromatic N) is 4. The molecule has 7 aromatic carbocycles. The Morgan fingerprint density at radius 1 is 0.429 bits per heavy atom. The molecular formula is C44H26N4O. The molecule has 4 aromatic heterocycles. The average molecular weight is 627 g/mol. The number of benzene rings is 7. The van der Waals surface area contributed by atoms with Crippen LogP contribution in [-0.4, -0.2) is 19.1 Å². The quantitative estimate of drug-likeness (QED) is 0.196. The van der Waals surface area contributed by atoms with Crippen LogP contribution in [0.15, 0.2) is 162 Å². The molecule has 5 nitrogen and oxygen atoms in total. The molecule has 0 N–H and O–H groups in total. The molecule has 0 radical (unpaired) electrons. The Hall–Kier alpha value is -6.72. The van der Waals surface area contributed by atoms with Gasteiger partial charge in [0, 0.05) is 38.2 Å². The van der Waals surface area contributed by atoms with E-state index in [0.717, 1.165) is 60.6 Å². The first kappa shape index (κ1) is 26.4. The van der Waals surface area contributed by atoms with Crippen LogP contribution in [0.2, 0.25) is 0 Å². The molecule has 4 heterocycles. The van der Waals surface area contributed by atoms with Gasteiger partial charge >= 0.3 is 0 Å². The zero-order chi connectivity index (χ0) is 32.1. The molecule has 0 fully saturated rings. The van der Waals surface area contributed by atoms with Crippen molar-refractivity contribution >= 4 is 76.5 Å². The van der Waals surface area contributed by atoms with Gasteiger partial charge in [-0.2, -0.15) is 4.98 Å². The summed E-state index contributed by atoms with van der Waals surface area (Å²) in [5.41, 5.74) is 8.70. The fraction of sp³-hybridized carbons (Fsp3) is 0. The van der Waals surface area contributed by atoms with Crippen LogP contribution in [0, 0.1) is 0 Å². The Kier molecular flexibility index (Phi) is 5.32. The lowest BCUT2D eigenvalue weighted by atomic mass is 10.0. The van der Waals surface area contributed by atoms with Crippen LogP contribution in [0.1, 0.15) is 0 Å². The van der Waals surface area contributed by atoms with E-state index in [1.165, 1.54) is 27.1 Å². The highest BCUT2D eigenvalue weighted by atomic mass is 16.3. The summed E-state index contributed by atoms with van der Waals surface area (Å²) in [6.45, 7) is 0. The topological polar surface area (TPSA) is 48.8 Å². The first-order chi connectivity index (χ1) is 24.3. The summed E-state index contributed by atoms with van der Waals surface area (Å²) in [6.07, 6.45) is 0. The zero-order valence-electron chi connectivity index (χ0n) is 26.2. The fourth-order valence-corrected chi connectivity index (χ4v) is 7.76. The average Bonchev–Trinajstić information content (AvgIpc) is 3.81. The van der Waals surface area contributed by atoms with Crippen molar-refractivity contribution in [1.82, 2.24) is 19.1 Å². The highest BCUT2D eigenvalue weighted by molar-refractivity contribution is 6.15. The van der Waals surface area contributed by atoms with Crippen LogP contribution < -0.4 is 0 Å². The van der Waals surface area contributed by atoms with Crippen molar-refractivity contribution in [3.8, 4) is 22.9 Å². The monoisotopic (exact) mass is 626 g/mol. The van der Waals surface area contributed by atoms with Gasteiger partial charge in [0.15, 0.2) is 0 Å². The predicted octanol–water partition coefficient (Wildman–Crippen LogP) is 11.4. The van der Waals surface area contributed by atoms with Gasteiger partial charge in [-0.3, -0.25) is 4.57 Å². The minimum absolute atomic E-state index is 0.566. The summed E-state index contributed by atoms with van der Waals surface area (Å²) in [5.74, 6) is 0.576. The van der Waals surface area contributed by atoms with E-state index < -0.39 is 0 Å². The Labute approximate surface area is 279 Å². The highest BCUT2D eigenvalue weighted by Crippen LogP contribution is 2.40. The molecule has 0 aliphatic heterocycles. The lowest BCUT2D eigenvalue weighted by Gasteiger charge is -2.11. The Morgan fingerprint density at radius 2 is 1.04 bits per heavy atom. The van der Waals surface area contributed by atoms with Crippen molar-refractivity contribution in [2.24, 2.45) is 0 Å². The molecule has 0 saturated carbocycles. The number of hydrogen-bond acceptors (Lipinski definition) is 3. The van der Waals surface area contributed by atoms with Gasteiger partial charge in [0.05, 0.1) is 33.1 Å². The summed E-state index contributed by atoms with van der Waals surface area (Å²) in [4.78, 5) is 10.6. The van der Waals surface area contributed by atoms with Crippen LogP contribution in [0.4, 0.5) is 0 Å². The minimum atomic E-state index is 0.566. The van der Waals surface area contributed by atoms with Gasteiger partial charge in [-0.05, 0) is 59.3 Å². The van der Waals surface area contributed by atoms with E-state index in [0.29, 0.717) is 11.7 Å². The second-order valence-corrected chi connectivity index (χ2v) is 12.6. The van der Waals surface area contributed by atoms with Crippen molar-refractivity contribution in [2.45, 2.75) is 0 Å². The van der Waals surface area contributed by atoms with Gasteiger partial charge in [-0.15, -0.1) is 0 Å². The molecule has 0 spiro atoms. The fourth-order valence-electron chi connectivity index (χ4n) is 7.76. The molecule has 5 heteroatoms. The van der Waals surface area contributed by atoms with Crippen LogP contribution in [0.5, 0.6) is 0 Å². The molecule has 0 saturated heterocycles. The van der Waals surface area contributed by atoms with E-state index in [-0.39, 0.29) is 0 Å². The van der Waals surface area contributed by atoms with Gasteiger partial charge in [0.1, 0.15) is 5.58 Å². The summed E-state index contributed by atoms with van der Waals surface area (Å²) >= 11 is 0. The maximum atomic E-state index is 6.51. The van der Waals surface area contributed by atoms with Gasteiger partial charge < -0.3 is 8.98 Å². The molecule has 0 atom stereocenters. The third-order valence-electron chi connectivity index (χ3n) is 9.93. The van der Waals surface area contributed by atoms with Gasteiger partial charge in [0.2, 0.25) is 11.7 Å². The molecule has 0 bridgehead atoms. The molecule has 0 aliphatic carbocycles. The third-order valence-corrected chi connectivity index (χ3v) is 9.93. The van der Waals surface area contributed by atoms with E-state index in [4.69, 9.17) is 14.4 Å². The third kappa shape index (κ3) is 3.75. The van der Waals surface area contributed by atoms with Crippen LogP contribution in [-0.2, 0) is 0 Å². The maximum absolute atomic E-state index is 6.51. The molecule has 49 heavy (non-hydrogen) atoms. The van der Waals surface area contributed by atoms with Crippen molar-refractivity contribution < 1.29 is 4.42 Å². The van der Waals surface area contributed by atoms with E-state index >= 15 is 0 Å². The van der Waals surface area contributed by atoms with Gasteiger partial charge in [0.25, 0.3) is 0 Å². The lowest BCUT2D eigenvalue weighted by Crippen LogP contribution is -2.03. The maximum Gasteiger partial charge on any atom is 0.238 e. The number of rotatable bonds is 3. The SMILES string of the molecule is c1ccc(-n2c3ccccc3c3ccc(-c4nc(-n5c6ccccc6c6cc7ccccc7cc65)nc5oc6ccccc6c45)cc32)cc1. The summed E-state index contributed by atoms with van der Waals surface area (Å²) in [7, 11) is 0. The molecule has 11 rings (SSSR count). The van der Waals surface area contributed by atoms with Crippen molar-refractivity contribution in [2.75, 3.05) is 0 Å². The first-order valence-electron chi connectivity index (χ1n) is 16.5. The Balaban J connectivity index is 1.26. The predicted molar refractivity (Wildman–Crippen MR) is 201 cm³/mol. The largest absolute Gasteiger partial charge is 0.437 e. The van der Waals surface area contributed by atoms with E-state index in [1.54, 1.807) is 0 Å². The first-order valence-corrected chi connectivity index (χ1v) is 16.5. The normalized spacial score (nSPS) is 12.1. The second-order valence-electron chi connectivity index (χ2n) is 12.6. The van der Waals surface area contributed by atoms with Gasteiger partial charge in [-0.1, -0.05) is 109 Å². The van der Waals surface area contributed by atoms with Crippen LogP contribution in [0.3, 0.4) is 0 Å². The number of aromatic nitrogens is 4. The number of fused-ring (bicyclic) bond motifs is 10. The van der Waals surface area contributed by atoms with Crippen LogP contribution >= 0.6 is 0 Å². The van der Waals surface area contributed by atoms with E-state index in [9.17, 15) is 0 Å². The van der Waals surface area contributed by atoms with Gasteiger partial charge in [-0.25, -0.2) is 4.98 Å². The molecule has 11 aromatic rings. The smallest absolute Gasteiger partial charge is 0.238 e. The number of hydrogen-bond donors (Lipinski definition) is 0. The number of furan rings is 1. The summed E-state index contributed by atoms with van der Waals surface area (Å²) < 4.78 is 11.0. The lowest BCUT2D eigenvalue weighted by molar-refractivity contribution is 0.651. The Morgan fingerprint density at radius 3 is 1.86 bits per heavy atom. The molecule has 0 unspecified atom stereocenters. The minimum Gasteiger partial charge on any atom is -0.437 e. The second kappa shape index (κ2) is 9.89. The standard InChI is InChI=1S/C44H26N4O/c1-2-14-30(15-3-1)47-36-19-9-6-16-31(36)33-23-22-29(26-38(33)47)42-41-34-18-8-11-21-40(34)49-43(41)46-44(45-42)48-37-20-10-7-17-32(37)35-24-27-12-4-5-13-28(27)25-39(35)48/h1-26H. The zero-order valence-corrected chi connectivity index (χ0v) is 26.2. The van der Waals surface area contributed by atoms with E-state index in [1.807, 2.05) is 18.2 Å². The summed E-state index contributed by atoms with van der Waals surface area (Å²) in [5, 5.41) is 9.01. The van der Waals surface area contributed by atoms with Crippen LogP contribution in [0.25, 0.3) is 99.3 Å². The van der Waals surface area contributed by atoms with Crippen molar-refractivity contribution in [3.63, 3.8) is 0 Å². The Bertz CT molecular complexity index is 3110. The van der Waals surface area contributed by atoms with E-state index in [2.05, 4.69) is 149 Å². The molecule has 0 amide bonds. The van der Waals surface area contributed by atoms with Crippen molar-refractivity contribution in [1.29, 1.82) is 0 Å². The number of para-hydroxylation sites is 4. The molecule has 228 valence electrons. The summed E-state index contributed by atoms with van der Waals surface area (Å²) in [6, 6.07) is 55.5. The molecule has 0 aliphatic rings. The molecular weight excluding hydrogens is 601 g/mol. The highest BCUT2D eigenvalue weighted by Gasteiger charge is 2.22.